The number of carbonyl (C=O) groups is 1. The van der Waals surface area contributed by atoms with Crippen molar-refractivity contribution in [2.75, 3.05) is 55.7 Å². The molecule has 0 atom stereocenters. The fraction of sp³-hybridized carbons (Fsp3) is 0.393. The van der Waals surface area contributed by atoms with Crippen molar-refractivity contribution in [3.63, 3.8) is 0 Å². The fourth-order valence-electron chi connectivity index (χ4n) is 4.47. The van der Waals surface area contributed by atoms with Gasteiger partial charge in [0.05, 0.1) is 42.7 Å². The Morgan fingerprint density at radius 3 is 1.31 bits per heavy atom. The zero-order valence-electron chi connectivity index (χ0n) is 21.7. The Balaban J connectivity index is 1.78. The molecule has 1 saturated carbocycles. The molecule has 2 aliphatic rings. The molecule has 8 heteroatoms. The minimum atomic E-state index is -0.0134. The van der Waals surface area contributed by atoms with Crippen LogP contribution in [0.1, 0.15) is 24.0 Å². The summed E-state index contributed by atoms with van der Waals surface area (Å²) in [7, 11) is 9.51. The number of ketones is 1. The van der Waals surface area contributed by atoms with Gasteiger partial charge in [0.2, 0.25) is 0 Å². The van der Waals surface area contributed by atoms with Gasteiger partial charge in [-0.2, -0.15) is 0 Å². The molecule has 0 aromatic heterocycles. The van der Waals surface area contributed by atoms with Crippen molar-refractivity contribution in [3.05, 3.63) is 46.5 Å². The van der Waals surface area contributed by atoms with E-state index in [2.05, 4.69) is 4.90 Å². The molecule has 1 saturated heterocycles. The van der Waals surface area contributed by atoms with E-state index in [0.717, 1.165) is 24.0 Å². The highest BCUT2D eigenvalue weighted by atomic mass is 16.5. The second kappa shape index (κ2) is 11.0. The minimum absolute atomic E-state index is 0.0134. The molecule has 0 spiro atoms. The Morgan fingerprint density at radius 1 is 0.611 bits per heavy atom. The van der Waals surface area contributed by atoms with Gasteiger partial charge in [-0.05, 0) is 37.1 Å². The minimum Gasteiger partial charge on any atom is -0.496 e. The largest absolute Gasteiger partial charge is 0.496 e. The van der Waals surface area contributed by atoms with Crippen LogP contribution in [0.5, 0.6) is 34.5 Å². The van der Waals surface area contributed by atoms with Crippen LogP contribution in [0.3, 0.4) is 0 Å². The zero-order valence-corrected chi connectivity index (χ0v) is 21.7. The summed E-state index contributed by atoms with van der Waals surface area (Å²) in [5.41, 5.74) is 2.87. The summed E-state index contributed by atoms with van der Waals surface area (Å²) in [6, 6.07) is 7.67. The predicted molar refractivity (Wildman–Crippen MR) is 138 cm³/mol. The summed E-state index contributed by atoms with van der Waals surface area (Å²) < 4.78 is 32.9. The maximum absolute atomic E-state index is 13.7. The zero-order chi connectivity index (χ0) is 25.8. The number of hydrogen-bond donors (Lipinski definition) is 0. The summed E-state index contributed by atoms with van der Waals surface area (Å²) in [5, 5.41) is 0. The molecule has 8 nitrogen and oxygen atoms in total. The van der Waals surface area contributed by atoms with Crippen molar-refractivity contribution in [2.45, 2.75) is 18.9 Å². The Hall–Kier alpha value is -3.65. The molecule has 0 N–H and O–H groups in total. The summed E-state index contributed by atoms with van der Waals surface area (Å²) in [6.07, 6.45) is 6.04. The topological polar surface area (TPSA) is 75.7 Å². The number of carbonyl (C=O) groups excluding carboxylic acids is 1. The molecule has 4 rings (SSSR count). The number of methoxy groups -OCH3 is 6. The lowest BCUT2D eigenvalue weighted by Gasteiger charge is -2.30. The number of piperidine rings is 1. The number of ether oxygens (including phenoxy) is 6. The molecule has 0 radical (unpaired) electrons. The fourth-order valence-corrected chi connectivity index (χ4v) is 4.47. The van der Waals surface area contributed by atoms with Crippen LogP contribution >= 0.6 is 0 Å². The van der Waals surface area contributed by atoms with Crippen molar-refractivity contribution in [1.29, 1.82) is 0 Å². The van der Waals surface area contributed by atoms with Crippen LogP contribution in [0.2, 0.25) is 0 Å². The first-order chi connectivity index (χ1) is 17.5. The highest BCUT2D eigenvalue weighted by Crippen LogP contribution is 2.39. The van der Waals surface area contributed by atoms with E-state index in [1.807, 2.05) is 24.3 Å². The first-order valence-corrected chi connectivity index (χ1v) is 11.8. The van der Waals surface area contributed by atoms with Gasteiger partial charge in [-0.1, -0.05) is 0 Å². The second-order valence-corrected chi connectivity index (χ2v) is 8.70. The monoisotopic (exact) mass is 495 g/mol. The van der Waals surface area contributed by atoms with Crippen LogP contribution in [-0.2, 0) is 4.79 Å². The molecular weight excluding hydrogens is 462 g/mol. The molecule has 2 aromatic rings. The van der Waals surface area contributed by atoms with Gasteiger partial charge in [-0.15, -0.1) is 0 Å². The summed E-state index contributed by atoms with van der Waals surface area (Å²) >= 11 is 0. The molecule has 0 unspecified atom stereocenters. The van der Waals surface area contributed by atoms with E-state index in [0.29, 0.717) is 64.8 Å². The number of Topliss-reactive ketones (excluding diaryl/α,β-unsaturated/α-hetero) is 1. The standard InChI is InChI=1S/C28H33NO7/c1-31-22-13-26(35-5)24(33-3)11-17(22)9-19-15-29(21-7-8-21)16-20(28(19)30)10-18-12-25(34-4)27(36-6)14-23(18)32-2/h9-14,21H,7-8,15-16H2,1-6H3/b19-9+,20-10+. The van der Waals surface area contributed by atoms with Gasteiger partial charge < -0.3 is 28.4 Å². The molecule has 1 heterocycles. The molecular formula is C28H33NO7. The van der Waals surface area contributed by atoms with Crippen LogP contribution in [0.4, 0.5) is 0 Å². The van der Waals surface area contributed by atoms with Crippen molar-refractivity contribution in [1.82, 2.24) is 4.90 Å². The molecule has 36 heavy (non-hydrogen) atoms. The third-order valence-corrected chi connectivity index (χ3v) is 6.52. The summed E-state index contributed by atoms with van der Waals surface area (Å²) in [5.74, 6) is 3.45. The molecule has 2 fully saturated rings. The van der Waals surface area contributed by atoms with Crippen LogP contribution in [0.25, 0.3) is 12.2 Å². The van der Waals surface area contributed by atoms with Gasteiger partial charge in [0.15, 0.2) is 28.8 Å². The van der Waals surface area contributed by atoms with Crippen molar-refractivity contribution < 1.29 is 33.2 Å². The molecule has 0 amide bonds. The van der Waals surface area contributed by atoms with E-state index in [-0.39, 0.29) is 5.78 Å². The summed E-state index contributed by atoms with van der Waals surface area (Å²) in [4.78, 5) is 16.1. The van der Waals surface area contributed by atoms with Crippen LogP contribution in [-0.4, -0.2) is 72.5 Å². The molecule has 2 aromatic carbocycles. The molecule has 1 aliphatic carbocycles. The van der Waals surface area contributed by atoms with Crippen LogP contribution in [0.15, 0.2) is 35.4 Å². The van der Waals surface area contributed by atoms with E-state index in [4.69, 9.17) is 28.4 Å². The third-order valence-electron chi connectivity index (χ3n) is 6.52. The normalized spacial score (nSPS) is 18.3. The Kier molecular flexibility index (Phi) is 7.74. The maximum atomic E-state index is 13.7. The van der Waals surface area contributed by atoms with Gasteiger partial charge in [-0.3, -0.25) is 9.69 Å². The number of likely N-dealkylation sites (tertiary alicyclic amines) is 1. The van der Waals surface area contributed by atoms with E-state index >= 15 is 0 Å². The quantitative estimate of drug-likeness (QED) is 0.478. The van der Waals surface area contributed by atoms with Crippen LogP contribution in [0, 0.1) is 0 Å². The molecule has 1 aliphatic heterocycles. The first-order valence-electron chi connectivity index (χ1n) is 11.8. The van der Waals surface area contributed by atoms with E-state index in [9.17, 15) is 4.79 Å². The third kappa shape index (κ3) is 5.14. The van der Waals surface area contributed by atoms with E-state index in [1.165, 1.54) is 0 Å². The SMILES string of the molecule is COc1cc(OC)c(OC)cc1/C=C1\CN(C2CC2)C/C(=C\c2cc(OC)c(OC)cc2OC)C1=O. The van der Waals surface area contributed by atoms with Gasteiger partial charge >= 0.3 is 0 Å². The number of hydrogen-bond acceptors (Lipinski definition) is 8. The van der Waals surface area contributed by atoms with E-state index < -0.39 is 0 Å². The second-order valence-electron chi connectivity index (χ2n) is 8.70. The highest BCUT2D eigenvalue weighted by molar-refractivity contribution is 6.15. The summed E-state index contributed by atoms with van der Waals surface area (Å²) in [6.45, 7) is 1.14. The van der Waals surface area contributed by atoms with Gasteiger partial charge in [0, 0.05) is 53.5 Å². The lowest BCUT2D eigenvalue weighted by molar-refractivity contribution is -0.113. The molecule has 0 bridgehead atoms. The van der Waals surface area contributed by atoms with Crippen molar-refractivity contribution in [3.8, 4) is 34.5 Å². The van der Waals surface area contributed by atoms with Gasteiger partial charge in [0.1, 0.15) is 11.5 Å². The number of nitrogens with zero attached hydrogens (tertiary/aromatic N) is 1. The smallest absolute Gasteiger partial charge is 0.187 e. The Morgan fingerprint density at radius 2 is 0.972 bits per heavy atom. The lowest BCUT2D eigenvalue weighted by atomic mass is 9.93. The first kappa shape index (κ1) is 25.4. The Bertz CT molecular complexity index is 1110. The maximum Gasteiger partial charge on any atom is 0.187 e. The van der Waals surface area contributed by atoms with Gasteiger partial charge in [-0.25, -0.2) is 0 Å². The van der Waals surface area contributed by atoms with Gasteiger partial charge in [0.25, 0.3) is 0 Å². The van der Waals surface area contributed by atoms with Crippen molar-refractivity contribution in [2.24, 2.45) is 0 Å². The Labute approximate surface area is 212 Å². The highest BCUT2D eigenvalue weighted by Gasteiger charge is 2.36. The van der Waals surface area contributed by atoms with Crippen LogP contribution < -0.4 is 28.4 Å². The predicted octanol–water partition coefficient (Wildman–Crippen LogP) is 4.25. The van der Waals surface area contributed by atoms with Crippen molar-refractivity contribution >= 4 is 17.9 Å². The average molecular weight is 496 g/mol. The molecule has 192 valence electrons. The average Bonchev–Trinajstić information content (AvgIpc) is 3.75. The lowest BCUT2D eigenvalue weighted by Crippen LogP contribution is -2.39. The van der Waals surface area contributed by atoms with E-state index in [1.54, 1.807) is 54.8 Å². The number of benzene rings is 2. The number of rotatable bonds is 9.